The number of ether oxygens (including phenoxy) is 1. The SMILES string of the molecule is CN1C2CCC1CC(OC(=O)C1c3ccccc3CCc3ncccc31)C2. The van der Waals surface area contributed by atoms with Crippen LogP contribution >= 0.6 is 0 Å². The van der Waals surface area contributed by atoms with Crippen LogP contribution in [0.5, 0.6) is 0 Å². The number of rotatable bonds is 2. The van der Waals surface area contributed by atoms with Gasteiger partial charge in [-0.2, -0.15) is 0 Å². The van der Waals surface area contributed by atoms with Crippen LogP contribution in [0.25, 0.3) is 0 Å². The first kappa shape index (κ1) is 16.9. The minimum atomic E-state index is -0.357. The van der Waals surface area contributed by atoms with Gasteiger partial charge in [-0.15, -0.1) is 0 Å². The summed E-state index contributed by atoms with van der Waals surface area (Å²) < 4.78 is 6.14. The Labute approximate surface area is 160 Å². The number of aromatic nitrogens is 1. The van der Waals surface area contributed by atoms with E-state index in [1.54, 1.807) is 0 Å². The molecule has 3 heterocycles. The van der Waals surface area contributed by atoms with E-state index in [1.165, 1.54) is 18.4 Å². The second-order valence-corrected chi connectivity index (χ2v) is 8.25. The molecule has 0 radical (unpaired) electrons. The number of hydrogen-bond acceptors (Lipinski definition) is 4. The minimum Gasteiger partial charge on any atom is -0.462 e. The molecule has 3 aliphatic rings. The van der Waals surface area contributed by atoms with Crippen LogP contribution in [0, 0.1) is 0 Å². The summed E-state index contributed by atoms with van der Waals surface area (Å²) >= 11 is 0. The lowest BCUT2D eigenvalue weighted by atomic mass is 9.89. The van der Waals surface area contributed by atoms with Gasteiger partial charge in [-0.25, -0.2) is 0 Å². The predicted octanol–water partition coefficient (Wildman–Crippen LogP) is 3.48. The van der Waals surface area contributed by atoms with Crippen LogP contribution in [0.4, 0.5) is 0 Å². The van der Waals surface area contributed by atoms with Gasteiger partial charge in [0.2, 0.25) is 0 Å². The average molecular weight is 362 g/mol. The third-order valence-electron chi connectivity index (χ3n) is 6.81. The maximum atomic E-state index is 13.4. The van der Waals surface area contributed by atoms with Gasteiger partial charge in [0, 0.05) is 24.0 Å². The van der Waals surface area contributed by atoms with Gasteiger partial charge in [-0.05, 0) is 68.3 Å². The van der Waals surface area contributed by atoms with Crippen LogP contribution < -0.4 is 0 Å². The van der Waals surface area contributed by atoms with Crippen LogP contribution in [0.3, 0.4) is 0 Å². The molecule has 2 saturated heterocycles. The fraction of sp³-hybridized carbons (Fsp3) is 0.478. The molecule has 5 rings (SSSR count). The van der Waals surface area contributed by atoms with Crippen molar-refractivity contribution in [3.8, 4) is 0 Å². The number of carbonyl (C=O) groups excluding carboxylic acids is 1. The Hall–Kier alpha value is -2.20. The topological polar surface area (TPSA) is 42.4 Å². The number of nitrogens with zero attached hydrogens (tertiary/aromatic N) is 2. The fourth-order valence-corrected chi connectivity index (χ4v) is 5.33. The molecule has 4 heteroatoms. The van der Waals surface area contributed by atoms with Crippen molar-refractivity contribution in [3.63, 3.8) is 0 Å². The normalized spacial score (nSPS) is 29.5. The van der Waals surface area contributed by atoms with Crippen LogP contribution in [0.2, 0.25) is 0 Å². The van der Waals surface area contributed by atoms with Crippen molar-refractivity contribution in [2.24, 2.45) is 0 Å². The van der Waals surface area contributed by atoms with Crippen molar-refractivity contribution in [1.82, 2.24) is 9.88 Å². The molecule has 140 valence electrons. The third-order valence-corrected chi connectivity index (χ3v) is 6.81. The number of aryl methyl sites for hydroxylation is 2. The van der Waals surface area contributed by atoms with E-state index in [0.717, 1.165) is 42.5 Å². The molecule has 1 aliphatic carbocycles. The molecule has 4 nitrogen and oxygen atoms in total. The Kier molecular flexibility index (Phi) is 4.24. The second-order valence-electron chi connectivity index (χ2n) is 8.25. The summed E-state index contributed by atoms with van der Waals surface area (Å²) in [5, 5.41) is 0. The smallest absolute Gasteiger partial charge is 0.318 e. The van der Waals surface area contributed by atoms with Crippen LogP contribution in [-0.2, 0) is 22.4 Å². The summed E-state index contributed by atoms with van der Waals surface area (Å²) in [6.45, 7) is 0. The molecule has 0 saturated carbocycles. The third kappa shape index (κ3) is 2.96. The first-order valence-electron chi connectivity index (χ1n) is 10.1. The summed E-state index contributed by atoms with van der Waals surface area (Å²) in [6.07, 6.45) is 8.05. The molecule has 0 spiro atoms. The largest absolute Gasteiger partial charge is 0.462 e. The summed E-state index contributed by atoms with van der Waals surface area (Å²) in [4.78, 5) is 20.4. The van der Waals surface area contributed by atoms with Gasteiger partial charge in [0.15, 0.2) is 0 Å². The second kappa shape index (κ2) is 6.75. The van der Waals surface area contributed by atoms with Crippen LogP contribution in [-0.4, -0.2) is 41.1 Å². The molecule has 3 unspecified atom stereocenters. The van der Waals surface area contributed by atoms with Gasteiger partial charge in [0.05, 0.1) is 0 Å². The fourth-order valence-electron chi connectivity index (χ4n) is 5.33. The number of hydrogen-bond donors (Lipinski definition) is 0. The monoisotopic (exact) mass is 362 g/mol. The van der Waals surface area contributed by atoms with Crippen molar-refractivity contribution >= 4 is 5.97 Å². The van der Waals surface area contributed by atoms with E-state index in [0.29, 0.717) is 12.1 Å². The van der Waals surface area contributed by atoms with E-state index in [-0.39, 0.29) is 18.0 Å². The Bertz CT molecular complexity index is 803. The average Bonchev–Trinajstić information content (AvgIpc) is 2.87. The lowest BCUT2D eigenvalue weighted by Gasteiger charge is -2.36. The molecule has 2 aliphatic heterocycles. The molecule has 2 bridgehead atoms. The molecule has 3 atom stereocenters. The van der Waals surface area contributed by atoms with Crippen molar-refractivity contribution in [2.45, 2.75) is 62.6 Å². The zero-order valence-electron chi connectivity index (χ0n) is 15.8. The summed E-state index contributed by atoms with van der Waals surface area (Å²) in [5.74, 6) is -0.461. The Morgan fingerprint density at radius 3 is 2.59 bits per heavy atom. The number of carbonyl (C=O) groups is 1. The number of pyridine rings is 1. The highest BCUT2D eigenvalue weighted by atomic mass is 16.5. The molecule has 2 aromatic rings. The standard InChI is InChI=1S/C23H26N2O2/c1-25-16-9-10-17(25)14-18(13-16)27-23(26)22-19-6-3-2-5-15(19)8-11-21-20(22)7-4-12-24-21/h2-7,12,16-18,22H,8-11,13-14H2,1H3. The summed E-state index contributed by atoms with van der Waals surface area (Å²) in [6, 6.07) is 13.4. The van der Waals surface area contributed by atoms with E-state index < -0.39 is 0 Å². The molecule has 0 amide bonds. The van der Waals surface area contributed by atoms with E-state index in [1.807, 2.05) is 18.3 Å². The van der Waals surface area contributed by atoms with E-state index in [9.17, 15) is 4.79 Å². The highest BCUT2D eigenvalue weighted by Gasteiger charge is 2.41. The molecule has 2 fully saturated rings. The van der Waals surface area contributed by atoms with Crippen molar-refractivity contribution < 1.29 is 9.53 Å². The van der Waals surface area contributed by atoms with E-state index in [4.69, 9.17) is 4.74 Å². The lowest BCUT2D eigenvalue weighted by molar-refractivity contribution is -0.153. The number of benzene rings is 1. The maximum Gasteiger partial charge on any atom is 0.318 e. The van der Waals surface area contributed by atoms with Gasteiger partial charge >= 0.3 is 5.97 Å². The van der Waals surface area contributed by atoms with Crippen molar-refractivity contribution in [3.05, 3.63) is 65.0 Å². The maximum absolute atomic E-state index is 13.4. The van der Waals surface area contributed by atoms with Gasteiger partial charge in [-0.3, -0.25) is 9.78 Å². The van der Waals surface area contributed by atoms with Gasteiger partial charge in [-0.1, -0.05) is 30.3 Å². The molecule has 0 N–H and O–H groups in total. The zero-order chi connectivity index (χ0) is 18.4. The molecule has 1 aromatic heterocycles. The predicted molar refractivity (Wildman–Crippen MR) is 104 cm³/mol. The highest BCUT2D eigenvalue weighted by molar-refractivity contribution is 5.83. The highest BCUT2D eigenvalue weighted by Crippen LogP contribution is 2.38. The molecule has 27 heavy (non-hydrogen) atoms. The molecular weight excluding hydrogens is 336 g/mol. The Morgan fingerprint density at radius 2 is 1.78 bits per heavy atom. The van der Waals surface area contributed by atoms with E-state index >= 15 is 0 Å². The molecular formula is C23H26N2O2. The van der Waals surface area contributed by atoms with Gasteiger partial charge in [0.1, 0.15) is 12.0 Å². The Balaban J connectivity index is 1.46. The Morgan fingerprint density at radius 1 is 1.04 bits per heavy atom. The summed E-state index contributed by atoms with van der Waals surface area (Å²) in [7, 11) is 2.21. The number of piperidine rings is 1. The van der Waals surface area contributed by atoms with Crippen molar-refractivity contribution in [2.75, 3.05) is 7.05 Å². The lowest BCUT2D eigenvalue weighted by Crippen LogP contribution is -2.43. The van der Waals surface area contributed by atoms with E-state index in [2.05, 4.69) is 41.2 Å². The van der Waals surface area contributed by atoms with Crippen molar-refractivity contribution in [1.29, 1.82) is 0 Å². The quantitative estimate of drug-likeness (QED) is 0.767. The van der Waals surface area contributed by atoms with Crippen LogP contribution in [0.1, 0.15) is 54.0 Å². The van der Waals surface area contributed by atoms with Crippen LogP contribution in [0.15, 0.2) is 42.6 Å². The minimum absolute atomic E-state index is 0.0433. The first-order chi connectivity index (χ1) is 13.2. The summed E-state index contributed by atoms with van der Waals surface area (Å²) in [5.41, 5.74) is 4.37. The zero-order valence-corrected chi connectivity index (χ0v) is 15.8. The molecule has 1 aromatic carbocycles. The van der Waals surface area contributed by atoms with Gasteiger partial charge < -0.3 is 9.64 Å². The first-order valence-corrected chi connectivity index (χ1v) is 10.1. The number of esters is 1. The number of fused-ring (bicyclic) bond motifs is 4. The van der Waals surface area contributed by atoms with Gasteiger partial charge in [0.25, 0.3) is 0 Å².